The third-order valence-corrected chi connectivity index (χ3v) is 5.84. The molecule has 0 fully saturated rings. The third kappa shape index (κ3) is 4.01. The van der Waals surface area contributed by atoms with E-state index in [2.05, 4.69) is 15.8 Å². The van der Waals surface area contributed by atoms with Crippen molar-refractivity contribution >= 4 is 56.0 Å². The monoisotopic (exact) mass is 377 g/mol. The number of benzene rings is 2. The Morgan fingerprint density at radius 1 is 1.21 bits per heavy atom. The molecule has 4 nitrogen and oxygen atoms in total. The number of aromatic nitrogens is 1. The minimum Gasteiger partial charge on any atom is -0.273 e. The Balaban J connectivity index is 1.57. The van der Waals surface area contributed by atoms with E-state index in [1.807, 2.05) is 50.2 Å². The lowest BCUT2D eigenvalue weighted by molar-refractivity contribution is -0.118. The van der Waals surface area contributed by atoms with Crippen LogP contribution in [0.25, 0.3) is 10.2 Å². The van der Waals surface area contributed by atoms with Crippen LogP contribution in [0.2, 0.25) is 5.02 Å². The summed E-state index contributed by atoms with van der Waals surface area (Å²) in [6.07, 6.45) is 0. The van der Waals surface area contributed by atoms with Gasteiger partial charge in [0.15, 0.2) is 0 Å². The molecule has 0 aliphatic heterocycles. The van der Waals surface area contributed by atoms with Gasteiger partial charge in [-0.3, -0.25) is 15.6 Å². The van der Waals surface area contributed by atoms with Crippen LogP contribution in [0, 0.1) is 13.8 Å². The lowest BCUT2D eigenvalue weighted by atomic mass is 10.2. The highest BCUT2D eigenvalue weighted by Gasteiger charge is 2.10. The zero-order valence-corrected chi connectivity index (χ0v) is 15.6. The minimum atomic E-state index is -0.109. The smallest absolute Gasteiger partial charge is 0.248 e. The Bertz CT molecular complexity index is 838. The van der Waals surface area contributed by atoms with Gasteiger partial charge in [-0.2, -0.15) is 0 Å². The van der Waals surface area contributed by atoms with Gasteiger partial charge in [-0.25, -0.2) is 4.98 Å². The summed E-state index contributed by atoms with van der Waals surface area (Å²) in [6, 6.07) is 11.9. The number of amides is 1. The number of thiazole rings is 1. The second-order valence-corrected chi connectivity index (χ2v) is 7.79. The average molecular weight is 378 g/mol. The van der Waals surface area contributed by atoms with Gasteiger partial charge in [0, 0.05) is 4.90 Å². The molecule has 0 saturated heterocycles. The minimum absolute atomic E-state index is 0.109. The zero-order valence-electron chi connectivity index (χ0n) is 13.2. The van der Waals surface area contributed by atoms with Gasteiger partial charge in [0.2, 0.25) is 11.0 Å². The summed E-state index contributed by atoms with van der Waals surface area (Å²) in [7, 11) is 0. The molecule has 0 bridgehead atoms. The van der Waals surface area contributed by atoms with Crippen molar-refractivity contribution in [3.63, 3.8) is 0 Å². The molecule has 3 aromatic rings. The Kier molecular flexibility index (Phi) is 5.28. The Hall–Kier alpha value is -1.76. The highest BCUT2D eigenvalue weighted by atomic mass is 35.5. The summed E-state index contributed by atoms with van der Waals surface area (Å²) in [4.78, 5) is 17.5. The first-order chi connectivity index (χ1) is 11.5. The van der Waals surface area contributed by atoms with Crippen molar-refractivity contribution in [3.05, 3.63) is 52.5 Å². The lowest BCUT2D eigenvalue weighted by Gasteiger charge is -2.05. The second-order valence-electron chi connectivity index (χ2n) is 5.34. The molecule has 24 heavy (non-hydrogen) atoms. The SMILES string of the molecule is Cc1ccc(SCC(=O)NNc2nc3c(C)ccc(Cl)c3s2)cc1. The van der Waals surface area contributed by atoms with Crippen molar-refractivity contribution in [1.82, 2.24) is 10.4 Å². The van der Waals surface area contributed by atoms with Crippen molar-refractivity contribution in [2.75, 3.05) is 11.2 Å². The van der Waals surface area contributed by atoms with E-state index in [4.69, 9.17) is 11.6 Å². The maximum atomic E-state index is 12.0. The number of carbonyl (C=O) groups is 1. The van der Waals surface area contributed by atoms with Gasteiger partial charge >= 0.3 is 0 Å². The summed E-state index contributed by atoms with van der Waals surface area (Å²) >= 11 is 9.10. The van der Waals surface area contributed by atoms with Crippen LogP contribution in [0.3, 0.4) is 0 Å². The van der Waals surface area contributed by atoms with Crippen LogP contribution < -0.4 is 10.9 Å². The second kappa shape index (κ2) is 7.42. The van der Waals surface area contributed by atoms with Crippen molar-refractivity contribution in [2.24, 2.45) is 0 Å². The molecule has 7 heteroatoms. The van der Waals surface area contributed by atoms with Crippen molar-refractivity contribution < 1.29 is 4.79 Å². The molecule has 124 valence electrons. The number of thioether (sulfide) groups is 1. The van der Waals surface area contributed by atoms with Crippen molar-refractivity contribution in [3.8, 4) is 0 Å². The molecule has 0 saturated carbocycles. The van der Waals surface area contributed by atoms with E-state index in [1.54, 1.807) is 0 Å². The molecule has 0 spiro atoms. The number of rotatable bonds is 5. The molecule has 0 aliphatic carbocycles. The largest absolute Gasteiger partial charge is 0.273 e. The van der Waals surface area contributed by atoms with E-state index in [-0.39, 0.29) is 5.91 Å². The average Bonchev–Trinajstić information content (AvgIpc) is 3.01. The summed E-state index contributed by atoms with van der Waals surface area (Å²) < 4.78 is 0.919. The van der Waals surface area contributed by atoms with E-state index >= 15 is 0 Å². The van der Waals surface area contributed by atoms with E-state index < -0.39 is 0 Å². The molecule has 0 aliphatic rings. The fourth-order valence-electron chi connectivity index (χ4n) is 2.10. The lowest BCUT2D eigenvalue weighted by Crippen LogP contribution is -2.30. The van der Waals surface area contributed by atoms with Crippen LogP contribution in [-0.4, -0.2) is 16.6 Å². The predicted octanol–water partition coefficient (Wildman–Crippen LogP) is 4.80. The van der Waals surface area contributed by atoms with Crippen LogP contribution >= 0.6 is 34.7 Å². The molecular formula is C17H16ClN3OS2. The van der Waals surface area contributed by atoms with Gasteiger partial charge in [-0.05, 0) is 37.6 Å². The van der Waals surface area contributed by atoms with Gasteiger partial charge < -0.3 is 0 Å². The third-order valence-electron chi connectivity index (χ3n) is 3.40. The van der Waals surface area contributed by atoms with Gasteiger partial charge in [-0.1, -0.05) is 46.7 Å². The maximum Gasteiger partial charge on any atom is 0.248 e. The van der Waals surface area contributed by atoms with Gasteiger partial charge in [0.1, 0.15) is 0 Å². The number of hydrazine groups is 1. The van der Waals surface area contributed by atoms with Gasteiger partial charge in [0.25, 0.3) is 0 Å². The van der Waals surface area contributed by atoms with E-state index in [1.165, 1.54) is 28.7 Å². The number of hydrogen-bond donors (Lipinski definition) is 2. The Labute approximate surface area is 153 Å². The van der Waals surface area contributed by atoms with Crippen LogP contribution in [0.4, 0.5) is 5.13 Å². The molecular weight excluding hydrogens is 362 g/mol. The fourth-order valence-corrected chi connectivity index (χ4v) is 3.97. The first kappa shape index (κ1) is 17.1. The van der Waals surface area contributed by atoms with Crippen LogP contribution in [-0.2, 0) is 4.79 Å². The number of fused-ring (bicyclic) bond motifs is 1. The number of aryl methyl sites for hydroxylation is 2. The summed E-state index contributed by atoms with van der Waals surface area (Å²) in [5.74, 6) is 0.225. The first-order valence-electron chi connectivity index (χ1n) is 7.33. The quantitative estimate of drug-likeness (QED) is 0.495. The summed E-state index contributed by atoms with van der Waals surface area (Å²) in [6.45, 7) is 4.02. The molecule has 0 atom stereocenters. The maximum absolute atomic E-state index is 12.0. The number of nitrogens with one attached hydrogen (secondary N) is 2. The molecule has 2 N–H and O–H groups in total. The molecule has 3 rings (SSSR count). The number of nitrogens with zero attached hydrogens (tertiary/aromatic N) is 1. The Morgan fingerprint density at radius 3 is 2.67 bits per heavy atom. The topological polar surface area (TPSA) is 54.0 Å². The van der Waals surface area contributed by atoms with Gasteiger partial charge in [0.05, 0.1) is 21.0 Å². The Morgan fingerprint density at radius 2 is 1.96 bits per heavy atom. The van der Waals surface area contributed by atoms with Crippen molar-refractivity contribution in [1.29, 1.82) is 0 Å². The standard InChI is InChI=1S/C17H16ClN3OS2/c1-10-3-6-12(7-4-10)23-9-14(22)20-21-17-19-15-11(2)5-8-13(18)16(15)24-17/h3-8H,9H2,1-2H3,(H,19,21)(H,20,22). The van der Waals surface area contributed by atoms with E-state index in [0.717, 1.165) is 20.7 Å². The van der Waals surface area contributed by atoms with Gasteiger partial charge in [-0.15, -0.1) is 11.8 Å². The highest BCUT2D eigenvalue weighted by Crippen LogP contribution is 2.33. The molecule has 0 radical (unpaired) electrons. The number of halogens is 1. The number of anilines is 1. The molecule has 2 aromatic carbocycles. The van der Waals surface area contributed by atoms with E-state index in [9.17, 15) is 4.79 Å². The molecule has 1 aromatic heterocycles. The van der Waals surface area contributed by atoms with Crippen LogP contribution in [0.5, 0.6) is 0 Å². The zero-order chi connectivity index (χ0) is 17.1. The fraction of sp³-hybridized carbons (Fsp3) is 0.176. The normalized spacial score (nSPS) is 10.8. The molecule has 1 amide bonds. The van der Waals surface area contributed by atoms with Crippen LogP contribution in [0.1, 0.15) is 11.1 Å². The first-order valence-corrected chi connectivity index (χ1v) is 9.51. The predicted molar refractivity (Wildman–Crippen MR) is 103 cm³/mol. The van der Waals surface area contributed by atoms with Crippen LogP contribution in [0.15, 0.2) is 41.3 Å². The van der Waals surface area contributed by atoms with Crippen molar-refractivity contribution in [2.45, 2.75) is 18.7 Å². The molecule has 0 unspecified atom stereocenters. The number of hydrogen-bond acceptors (Lipinski definition) is 5. The number of carbonyl (C=O) groups excluding carboxylic acids is 1. The molecule has 1 heterocycles. The van der Waals surface area contributed by atoms with E-state index in [0.29, 0.717) is 15.9 Å². The summed E-state index contributed by atoms with van der Waals surface area (Å²) in [5, 5.41) is 1.29. The summed E-state index contributed by atoms with van der Waals surface area (Å²) in [5.41, 5.74) is 8.66. The highest BCUT2D eigenvalue weighted by molar-refractivity contribution is 8.00.